The molecule has 4 aromatic rings. The summed E-state index contributed by atoms with van der Waals surface area (Å²) in [4.78, 5) is 29.0. The Hall–Kier alpha value is -3.91. The zero-order valence-corrected chi connectivity index (χ0v) is 20.5. The van der Waals surface area contributed by atoms with E-state index in [1.54, 1.807) is 12.3 Å². The molecule has 0 saturated carbocycles. The van der Waals surface area contributed by atoms with Crippen molar-refractivity contribution in [1.82, 2.24) is 15.6 Å². The minimum absolute atomic E-state index is 0.0697. The Labute approximate surface area is 213 Å². The number of halogens is 3. The maximum Gasteiger partial charge on any atom is 0.408 e. The van der Waals surface area contributed by atoms with Crippen LogP contribution in [-0.4, -0.2) is 35.4 Å². The summed E-state index contributed by atoms with van der Waals surface area (Å²) < 4.78 is 38.5. The molecule has 1 amide bonds. The van der Waals surface area contributed by atoms with E-state index in [2.05, 4.69) is 34.6 Å². The van der Waals surface area contributed by atoms with Gasteiger partial charge >= 0.3 is 6.18 Å². The highest BCUT2D eigenvalue weighted by Crippen LogP contribution is 2.26. The van der Waals surface area contributed by atoms with Gasteiger partial charge in [-0.2, -0.15) is 13.2 Å². The van der Waals surface area contributed by atoms with Crippen LogP contribution in [0.15, 0.2) is 79.0 Å². The van der Waals surface area contributed by atoms with Crippen molar-refractivity contribution in [1.29, 1.82) is 0 Å². The first-order valence-electron chi connectivity index (χ1n) is 12.0. The topological polar surface area (TPSA) is 74.0 Å². The van der Waals surface area contributed by atoms with Gasteiger partial charge in [0.2, 0.25) is 0 Å². The molecule has 0 aliphatic carbocycles. The number of fused-ring (bicyclic) bond motifs is 1. The number of H-pyrrole nitrogens is 1. The van der Waals surface area contributed by atoms with Crippen molar-refractivity contribution in [2.75, 3.05) is 6.54 Å². The SMILES string of the molecule is Cc1ccc(CCN[C@@H](C(=O)c2c[nH]c3cc(C(=O)N[C@H](C)C(F)(F)F)ccc23)c2ccccc2)cc1. The first-order valence-corrected chi connectivity index (χ1v) is 12.0. The van der Waals surface area contributed by atoms with Gasteiger partial charge in [-0.05, 0) is 43.5 Å². The predicted molar refractivity (Wildman–Crippen MR) is 138 cm³/mol. The summed E-state index contributed by atoms with van der Waals surface area (Å²) in [5, 5.41) is 5.93. The van der Waals surface area contributed by atoms with E-state index in [1.165, 1.54) is 17.7 Å². The third kappa shape index (κ3) is 6.27. The van der Waals surface area contributed by atoms with Crippen molar-refractivity contribution in [2.45, 2.75) is 38.5 Å². The highest BCUT2D eigenvalue weighted by Gasteiger charge is 2.37. The Balaban J connectivity index is 1.54. The van der Waals surface area contributed by atoms with E-state index in [4.69, 9.17) is 0 Å². The van der Waals surface area contributed by atoms with Crippen LogP contribution in [0.4, 0.5) is 13.2 Å². The second-order valence-electron chi connectivity index (χ2n) is 9.10. The van der Waals surface area contributed by atoms with Crippen LogP contribution < -0.4 is 10.6 Å². The number of Topliss-reactive ketones (excluding diaryl/α,β-unsaturated/α-hetero) is 1. The molecule has 4 rings (SSSR count). The number of ketones is 1. The predicted octanol–water partition coefficient (Wildman–Crippen LogP) is 5.91. The molecule has 5 nitrogen and oxygen atoms in total. The Morgan fingerprint density at radius 2 is 1.68 bits per heavy atom. The van der Waals surface area contributed by atoms with Gasteiger partial charge in [0, 0.05) is 34.8 Å². The fraction of sp³-hybridized carbons (Fsp3) is 0.241. The highest BCUT2D eigenvalue weighted by molar-refractivity contribution is 6.11. The molecule has 0 unspecified atom stereocenters. The second-order valence-corrected chi connectivity index (χ2v) is 9.10. The van der Waals surface area contributed by atoms with E-state index in [-0.39, 0.29) is 11.3 Å². The van der Waals surface area contributed by atoms with Gasteiger partial charge in [0.1, 0.15) is 6.04 Å². The zero-order chi connectivity index (χ0) is 26.6. The van der Waals surface area contributed by atoms with E-state index >= 15 is 0 Å². The van der Waals surface area contributed by atoms with Gasteiger partial charge in [-0.1, -0.05) is 66.2 Å². The first-order chi connectivity index (χ1) is 17.6. The molecule has 192 valence electrons. The summed E-state index contributed by atoms with van der Waals surface area (Å²) in [6.07, 6.45) is -2.21. The van der Waals surface area contributed by atoms with Gasteiger partial charge in [-0.25, -0.2) is 0 Å². The number of alkyl halides is 3. The maximum atomic E-state index is 13.7. The fourth-order valence-corrected chi connectivity index (χ4v) is 4.11. The molecule has 0 aliphatic rings. The molecular formula is C29H28F3N3O2. The number of carbonyl (C=O) groups excluding carboxylic acids is 2. The number of aromatic nitrogens is 1. The summed E-state index contributed by atoms with van der Waals surface area (Å²) in [5.41, 5.74) is 4.16. The third-order valence-electron chi connectivity index (χ3n) is 6.33. The number of aryl methyl sites for hydroxylation is 1. The van der Waals surface area contributed by atoms with E-state index < -0.39 is 24.2 Å². The summed E-state index contributed by atoms with van der Waals surface area (Å²) >= 11 is 0. The zero-order valence-electron chi connectivity index (χ0n) is 20.5. The lowest BCUT2D eigenvalue weighted by molar-refractivity contribution is -0.149. The van der Waals surface area contributed by atoms with Crippen LogP contribution in [0.3, 0.4) is 0 Å². The number of hydrogen-bond acceptors (Lipinski definition) is 3. The van der Waals surface area contributed by atoms with Crippen LogP contribution in [0.2, 0.25) is 0 Å². The van der Waals surface area contributed by atoms with E-state index in [0.717, 1.165) is 24.5 Å². The summed E-state index contributed by atoms with van der Waals surface area (Å²) in [7, 11) is 0. The number of hydrogen-bond donors (Lipinski definition) is 3. The number of amides is 1. The maximum absolute atomic E-state index is 13.7. The van der Waals surface area contributed by atoms with Crippen LogP contribution in [0.25, 0.3) is 10.9 Å². The van der Waals surface area contributed by atoms with E-state index in [1.807, 2.05) is 42.6 Å². The number of nitrogens with one attached hydrogen (secondary N) is 3. The minimum atomic E-state index is -4.54. The fourth-order valence-electron chi connectivity index (χ4n) is 4.11. The molecule has 8 heteroatoms. The summed E-state index contributed by atoms with van der Waals surface area (Å²) in [6, 6.07) is 19.5. The Bertz CT molecular complexity index is 1380. The number of carbonyl (C=O) groups is 2. The molecule has 1 heterocycles. The molecule has 1 aromatic heterocycles. The third-order valence-corrected chi connectivity index (χ3v) is 6.33. The standard InChI is InChI=1S/C29H28F3N3O2/c1-18-8-10-20(11-9-18)14-15-33-26(21-6-4-3-5-7-21)27(36)24-17-34-25-16-22(12-13-23(24)25)28(37)35-19(2)29(30,31)32/h3-13,16-17,19,26,33-34H,14-15H2,1-2H3,(H,35,37)/t19-,26-/m1/s1. The molecule has 0 saturated heterocycles. The largest absolute Gasteiger partial charge is 0.408 e. The molecule has 0 aliphatic heterocycles. The monoisotopic (exact) mass is 507 g/mol. The molecule has 0 radical (unpaired) electrons. The van der Waals surface area contributed by atoms with Crippen molar-refractivity contribution in [3.05, 3.63) is 107 Å². The van der Waals surface area contributed by atoms with Gasteiger partial charge in [0.15, 0.2) is 5.78 Å². The van der Waals surface area contributed by atoms with Crippen LogP contribution in [0, 0.1) is 6.92 Å². The van der Waals surface area contributed by atoms with Crippen LogP contribution in [0.1, 0.15) is 50.4 Å². The molecule has 2 atom stereocenters. The highest BCUT2D eigenvalue weighted by atomic mass is 19.4. The molecule has 0 spiro atoms. The van der Waals surface area contributed by atoms with Crippen LogP contribution >= 0.6 is 0 Å². The van der Waals surface area contributed by atoms with Gasteiger partial charge in [-0.3, -0.25) is 9.59 Å². The average Bonchev–Trinajstić information content (AvgIpc) is 3.30. The molecule has 3 aromatic carbocycles. The smallest absolute Gasteiger partial charge is 0.360 e. The first kappa shape index (κ1) is 26.2. The lowest BCUT2D eigenvalue weighted by Gasteiger charge is -2.18. The van der Waals surface area contributed by atoms with Crippen molar-refractivity contribution >= 4 is 22.6 Å². The number of aromatic amines is 1. The summed E-state index contributed by atoms with van der Waals surface area (Å²) in [5.74, 6) is -0.988. The number of rotatable bonds is 9. The van der Waals surface area contributed by atoms with E-state index in [9.17, 15) is 22.8 Å². The molecule has 0 fully saturated rings. The van der Waals surface area contributed by atoms with Crippen LogP contribution in [0.5, 0.6) is 0 Å². The summed E-state index contributed by atoms with van der Waals surface area (Å²) in [6.45, 7) is 3.50. The number of benzene rings is 3. The van der Waals surface area contributed by atoms with Crippen LogP contribution in [-0.2, 0) is 6.42 Å². The normalized spacial score (nSPS) is 13.3. The van der Waals surface area contributed by atoms with Crippen molar-refractivity contribution in [3.63, 3.8) is 0 Å². The van der Waals surface area contributed by atoms with E-state index in [0.29, 0.717) is 23.0 Å². The van der Waals surface area contributed by atoms with Gasteiger partial charge in [0.05, 0.1) is 6.04 Å². The minimum Gasteiger partial charge on any atom is -0.360 e. The lowest BCUT2D eigenvalue weighted by atomic mass is 9.96. The molecular weight excluding hydrogens is 479 g/mol. The quantitative estimate of drug-likeness (QED) is 0.247. The molecule has 0 bridgehead atoms. The van der Waals surface area contributed by atoms with Gasteiger partial charge in [-0.15, -0.1) is 0 Å². The lowest BCUT2D eigenvalue weighted by Crippen LogP contribution is -2.43. The Kier molecular flexibility index (Phi) is 7.78. The van der Waals surface area contributed by atoms with Gasteiger partial charge in [0.25, 0.3) is 5.91 Å². The van der Waals surface area contributed by atoms with Crippen molar-refractivity contribution in [3.8, 4) is 0 Å². The second kappa shape index (κ2) is 11.0. The average molecular weight is 508 g/mol. The Morgan fingerprint density at radius 3 is 2.35 bits per heavy atom. The van der Waals surface area contributed by atoms with Gasteiger partial charge < -0.3 is 15.6 Å². The molecule has 37 heavy (non-hydrogen) atoms. The molecule has 3 N–H and O–H groups in total. The van der Waals surface area contributed by atoms with Crippen molar-refractivity contribution < 1.29 is 22.8 Å². The Morgan fingerprint density at radius 1 is 0.973 bits per heavy atom. The van der Waals surface area contributed by atoms with Crippen molar-refractivity contribution in [2.24, 2.45) is 0 Å².